The summed E-state index contributed by atoms with van der Waals surface area (Å²) in [4.78, 5) is 7.89. The van der Waals surface area contributed by atoms with E-state index in [0.29, 0.717) is 18.4 Å². The van der Waals surface area contributed by atoms with Crippen LogP contribution in [0, 0.1) is 5.92 Å². The molecule has 0 aliphatic heterocycles. The summed E-state index contributed by atoms with van der Waals surface area (Å²) in [6, 6.07) is 0. The number of rotatable bonds is 4. The van der Waals surface area contributed by atoms with Crippen molar-refractivity contribution in [3.05, 3.63) is 17.2 Å². The highest BCUT2D eigenvalue weighted by Gasteiger charge is 2.12. The Hall–Kier alpha value is -0.830. The van der Waals surface area contributed by atoms with Gasteiger partial charge in [0.1, 0.15) is 5.82 Å². The normalized spacial score (nSPS) is 11.6. The van der Waals surface area contributed by atoms with Crippen molar-refractivity contribution in [3.63, 3.8) is 0 Å². The highest BCUT2D eigenvalue weighted by molar-refractivity contribution is 5.18. The number of aromatic amines is 1. The van der Waals surface area contributed by atoms with Gasteiger partial charge in [-0.2, -0.15) is 0 Å². The predicted molar refractivity (Wildman–Crippen MR) is 59.1 cm³/mol. The Morgan fingerprint density at radius 3 is 2.29 bits per heavy atom. The van der Waals surface area contributed by atoms with Crippen LogP contribution in [0.4, 0.5) is 0 Å². The van der Waals surface area contributed by atoms with Crippen molar-refractivity contribution < 1.29 is 0 Å². The van der Waals surface area contributed by atoms with Gasteiger partial charge < -0.3 is 10.7 Å². The lowest BCUT2D eigenvalue weighted by molar-refractivity contribution is 0.623. The molecule has 0 radical (unpaired) electrons. The molecule has 0 saturated carbocycles. The van der Waals surface area contributed by atoms with E-state index in [1.165, 1.54) is 0 Å². The van der Waals surface area contributed by atoms with Gasteiger partial charge in [0, 0.05) is 13.0 Å². The van der Waals surface area contributed by atoms with E-state index in [0.717, 1.165) is 23.6 Å². The van der Waals surface area contributed by atoms with Crippen LogP contribution in [0.1, 0.15) is 50.8 Å². The number of hydrogen-bond acceptors (Lipinski definition) is 2. The summed E-state index contributed by atoms with van der Waals surface area (Å²) in [5, 5.41) is 0. The van der Waals surface area contributed by atoms with Crippen LogP contribution in [0.25, 0.3) is 0 Å². The molecule has 1 rings (SSSR count). The van der Waals surface area contributed by atoms with Gasteiger partial charge >= 0.3 is 0 Å². The first-order valence-corrected chi connectivity index (χ1v) is 5.32. The van der Waals surface area contributed by atoms with E-state index >= 15 is 0 Å². The van der Waals surface area contributed by atoms with E-state index in [-0.39, 0.29) is 0 Å². The van der Waals surface area contributed by atoms with Gasteiger partial charge in [0.05, 0.1) is 11.4 Å². The lowest BCUT2D eigenvalue weighted by atomic mass is 10.1. The summed E-state index contributed by atoms with van der Waals surface area (Å²) in [5.74, 6) is 2.15. The number of H-pyrrole nitrogens is 1. The molecule has 0 amide bonds. The number of hydrogen-bond donors (Lipinski definition) is 2. The first kappa shape index (κ1) is 11.2. The fourth-order valence-corrected chi connectivity index (χ4v) is 1.60. The van der Waals surface area contributed by atoms with Crippen molar-refractivity contribution in [3.8, 4) is 0 Å². The van der Waals surface area contributed by atoms with E-state index in [4.69, 9.17) is 5.73 Å². The zero-order valence-corrected chi connectivity index (χ0v) is 9.59. The van der Waals surface area contributed by atoms with Gasteiger partial charge in [-0.15, -0.1) is 0 Å². The molecule has 0 saturated heterocycles. The van der Waals surface area contributed by atoms with Gasteiger partial charge in [0.25, 0.3) is 0 Å². The molecule has 0 aliphatic carbocycles. The van der Waals surface area contributed by atoms with Crippen LogP contribution in [-0.2, 0) is 13.0 Å². The summed E-state index contributed by atoms with van der Waals surface area (Å²) in [5.41, 5.74) is 7.88. The molecule has 0 unspecified atom stereocenters. The fourth-order valence-electron chi connectivity index (χ4n) is 1.60. The molecule has 0 fully saturated rings. The van der Waals surface area contributed by atoms with Crippen LogP contribution < -0.4 is 5.73 Å². The fraction of sp³-hybridized carbons (Fsp3) is 0.727. The SMILES string of the molecule is CC(C)Cc1nc(C(C)C)c(CN)[nH]1. The van der Waals surface area contributed by atoms with Crippen LogP contribution in [0.15, 0.2) is 0 Å². The Bertz CT molecular complexity index is 287. The zero-order valence-electron chi connectivity index (χ0n) is 9.59. The molecule has 1 heterocycles. The first-order valence-electron chi connectivity index (χ1n) is 5.32. The van der Waals surface area contributed by atoms with Crippen LogP contribution in [0.5, 0.6) is 0 Å². The molecular weight excluding hydrogens is 174 g/mol. The lowest BCUT2D eigenvalue weighted by Crippen LogP contribution is -2.02. The van der Waals surface area contributed by atoms with Crippen molar-refractivity contribution in [2.45, 2.75) is 46.6 Å². The molecule has 1 aromatic rings. The molecule has 1 aromatic heterocycles. The Balaban J connectivity index is 2.89. The van der Waals surface area contributed by atoms with Crippen molar-refractivity contribution in [1.29, 1.82) is 0 Å². The highest BCUT2D eigenvalue weighted by Crippen LogP contribution is 2.17. The molecule has 0 spiro atoms. The number of imidazole rings is 1. The van der Waals surface area contributed by atoms with Gasteiger partial charge in [0.2, 0.25) is 0 Å². The van der Waals surface area contributed by atoms with E-state index in [1.54, 1.807) is 0 Å². The summed E-state index contributed by atoms with van der Waals surface area (Å²) >= 11 is 0. The minimum Gasteiger partial charge on any atom is -0.345 e. The Kier molecular flexibility index (Phi) is 3.69. The van der Waals surface area contributed by atoms with Crippen molar-refractivity contribution >= 4 is 0 Å². The van der Waals surface area contributed by atoms with E-state index < -0.39 is 0 Å². The summed E-state index contributed by atoms with van der Waals surface area (Å²) in [6.45, 7) is 9.24. The number of nitrogens with one attached hydrogen (secondary N) is 1. The molecule has 0 atom stereocenters. The van der Waals surface area contributed by atoms with Gasteiger partial charge in [-0.25, -0.2) is 4.98 Å². The van der Waals surface area contributed by atoms with Crippen molar-refractivity contribution in [1.82, 2.24) is 9.97 Å². The average molecular weight is 195 g/mol. The number of nitrogens with two attached hydrogens (primary N) is 1. The van der Waals surface area contributed by atoms with Gasteiger partial charge in [0.15, 0.2) is 0 Å². The largest absolute Gasteiger partial charge is 0.345 e. The lowest BCUT2D eigenvalue weighted by Gasteiger charge is -2.01. The first-order chi connectivity index (χ1) is 6.54. The average Bonchev–Trinajstić information content (AvgIpc) is 2.46. The standard InChI is InChI=1S/C11H21N3/c1-7(2)5-10-13-9(6-12)11(14-10)8(3)4/h7-8H,5-6,12H2,1-4H3,(H,13,14). The molecule has 14 heavy (non-hydrogen) atoms. The molecule has 0 bridgehead atoms. The Morgan fingerprint density at radius 2 is 1.93 bits per heavy atom. The molecule has 3 nitrogen and oxygen atoms in total. The van der Waals surface area contributed by atoms with Gasteiger partial charge in [-0.05, 0) is 11.8 Å². The summed E-state index contributed by atoms with van der Waals surface area (Å²) < 4.78 is 0. The third-order valence-electron chi connectivity index (χ3n) is 2.21. The number of aromatic nitrogens is 2. The van der Waals surface area contributed by atoms with Gasteiger partial charge in [-0.3, -0.25) is 0 Å². The molecule has 3 N–H and O–H groups in total. The molecule has 80 valence electrons. The van der Waals surface area contributed by atoms with Crippen molar-refractivity contribution in [2.75, 3.05) is 0 Å². The molecular formula is C11H21N3. The van der Waals surface area contributed by atoms with E-state index in [9.17, 15) is 0 Å². The van der Waals surface area contributed by atoms with Crippen LogP contribution in [-0.4, -0.2) is 9.97 Å². The van der Waals surface area contributed by atoms with Crippen LogP contribution >= 0.6 is 0 Å². The van der Waals surface area contributed by atoms with E-state index in [1.807, 2.05) is 0 Å². The van der Waals surface area contributed by atoms with Crippen LogP contribution in [0.2, 0.25) is 0 Å². The molecule has 3 heteroatoms. The topological polar surface area (TPSA) is 54.7 Å². The second kappa shape index (κ2) is 4.60. The zero-order chi connectivity index (χ0) is 10.7. The second-order valence-corrected chi connectivity index (χ2v) is 4.50. The minimum absolute atomic E-state index is 0.450. The number of nitrogens with zero attached hydrogens (tertiary/aromatic N) is 1. The molecule has 0 aliphatic rings. The maximum atomic E-state index is 5.66. The van der Waals surface area contributed by atoms with E-state index in [2.05, 4.69) is 37.7 Å². The predicted octanol–water partition coefficient (Wildman–Crippen LogP) is 2.19. The smallest absolute Gasteiger partial charge is 0.106 e. The monoisotopic (exact) mass is 195 g/mol. The Morgan fingerprint density at radius 1 is 1.29 bits per heavy atom. The quantitative estimate of drug-likeness (QED) is 0.773. The second-order valence-electron chi connectivity index (χ2n) is 4.50. The highest BCUT2D eigenvalue weighted by atomic mass is 14.9. The van der Waals surface area contributed by atoms with Gasteiger partial charge in [-0.1, -0.05) is 27.7 Å². The maximum Gasteiger partial charge on any atom is 0.106 e. The van der Waals surface area contributed by atoms with Crippen LogP contribution in [0.3, 0.4) is 0 Å². The third kappa shape index (κ3) is 2.58. The molecule has 0 aromatic carbocycles. The Labute approximate surface area is 86.1 Å². The maximum absolute atomic E-state index is 5.66. The summed E-state index contributed by atoms with van der Waals surface area (Å²) in [6.07, 6.45) is 1.000. The third-order valence-corrected chi connectivity index (χ3v) is 2.21. The minimum atomic E-state index is 0.450. The van der Waals surface area contributed by atoms with Crippen molar-refractivity contribution in [2.24, 2.45) is 11.7 Å². The summed E-state index contributed by atoms with van der Waals surface area (Å²) in [7, 11) is 0.